The third kappa shape index (κ3) is 4.02. The summed E-state index contributed by atoms with van der Waals surface area (Å²) in [6, 6.07) is 14.4. The van der Waals surface area contributed by atoms with Crippen LogP contribution in [-0.2, 0) is 9.53 Å². The predicted octanol–water partition coefficient (Wildman–Crippen LogP) is 3.32. The third-order valence-corrected chi connectivity index (χ3v) is 8.28. The second kappa shape index (κ2) is 9.09. The highest BCUT2D eigenvalue weighted by atomic mass is 16.5. The average molecular weight is 490 g/mol. The van der Waals surface area contributed by atoms with Gasteiger partial charge in [-0.25, -0.2) is 5.43 Å². The molecule has 2 fully saturated rings. The molecule has 0 aliphatic carbocycles. The molecule has 4 heterocycles. The lowest BCUT2D eigenvalue weighted by atomic mass is 9.86. The number of hydrogen-bond acceptors (Lipinski definition) is 7. The van der Waals surface area contributed by atoms with Gasteiger partial charge in [-0.1, -0.05) is 30.3 Å². The first-order chi connectivity index (χ1) is 17.4. The van der Waals surface area contributed by atoms with Crippen molar-refractivity contribution in [2.75, 3.05) is 56.3 Å². The summed E-state index contributed by atoms with van der Waals surface area (Å²) in [7, 11) is 2.20. The zero-order valence-electron chi connectivity index (χ0n) is 21.4. The Morgan fingerprint density at radius 1 is 1.17 bits per heavy atom. The number of fused-ring (bicyclic) bond motifs is 3. The molecule has 1 N–H and O–H groups in total. The molecule has 0 aromatic heterocycles. The van der Waals surface area contributed by atoms with E-state index in [2.05, 4.69) is 70.7 Å². The van der Waals surface area contributed by atoms with E-state index in [4.69, 9.17) is 9.47 Å². The van der Waals surface area contributed by atoms with Crippen LogP contribution in [0.5, 0.6) is 5.75 Å². The number of carbonyl (C=O) groups is 1. The fourth-order valence-electron chi connectivity index (χ4n) is 6.03. The summed E-state index contributed by atoms with van der Waals surface area (Å²) < 4.78 is 11.7. The Kier molecular flexibility index (Phi) is 5.88. The van der Waals surface area contributed by atoms with Crippen molar-refractivity contribution in [1.29, 1.82) is 0 Å². The molecule has 2 saturated heterocycles. The largest absolute Gasteiger partial charge is 0.483 e. The van der Waals surface area contributed by atoms with Crippen molar-refractivity contribution >= 4 is 23.1 Å². The molecule has 0 bridgehead atoms. The maximum absolute atomic E-state index is 12.5. The van der Waals surface area contributed by atoms with Gasteiger partial charge < -0.3 is 19.3 Å². The number of likely N-dealkylation sites (N-methyl/N-ethyl adjacent to an activating group) is 1. The SMILES string of the molecule is CC1C(=O)NN=C2COc3cc(-c4ccccc4)c(N(C)C4(C)CN(CC5CCOCC5)C4)cc3N21. The van der Waals surface area contributed by atoms with E-state index in [-0.39, 0.29) is 17.5 Å². The third-order valence-electron chi connectivity index (χ3n) is 8.28. The molecule has 1 unspecified atom stereocenters. The van der Waals surface area contributed by atoms with Crippen LogP contribution < -0.4 is 20.0 Å². The van der Waals surface area contributed by atoms with Crippen molar-refractivity contribution in [2.24, 2.45) is 11.0 Å². The number of benzene rings is 2. The van der Waals surface area contributed by atoms with Crippen molar-refractivity contribution in [2.45, 2.75) is 38.3 Å². The molecule has 0 radical (unpaired) electrons. The van der Waals surface area contributed by atoms with Gasteiger partial charge in [-0.3, -0.25) is 9.69 Å². The molecule has 4 aliphatic rings. The van der Waals surface area contributed by atoms with Crippen LogP contribution in [0.1, 0.15) is 26.7 Å². The molecule has 36 heavy (non-hydrogen) atoms. The first-order valence-electron chi connectivity index (χ1n) is 13.0. The zero-order valence-corrected chi connectivity index (χ0v) is 21.4. The van der Waals surface area contributed by atoms with Crippen molar-refractivity contribution < 1.29 is 14.3 Å². The predicted molar refractivity (Wildman–Crippen MR) is 142 cm³/mol. The fraction of sp³-hybridized carbons (Fsp3) is 0.500. The summed E-state index contributed by atoms with van der Waals surface area (Å²) >= 11 is 0. The van der Waals surface area contributed by atoms with E-state index >= 15 is 0 Å². The number of hydrazone groups is 1. The van der Waals surface area contributed by atoms with Gasteiger partial charge in [0.05, 0.1) is 11.2 Å². The number of hydrogen-bond donors (Lipinski definition) is 1. The van der Waals surface area contributed by atoms with E-state index in [0.29, 0.717) is 6.61 Å². The summed E-state index contributed by atoms with van der Waals surface area (Å²) in [5, 5.41) is 4.27. The van der Waals surface area contributed by atoms with Crippen LogP contribution >= 0.6 is 0 Å². The van der Waals surface area contributed by atoms with Crippen LogP contribution in [0.2, 0.25) is 0 Å². The second-order valence-corrected chi connectivity index (χ2v) is 10.8. The number of nitrogens with zero attached hydrogens (tertiary/aromatic N) is 4. The Morgan fingerprint density at radius 2 is 1.92 bits per heavy atom. The molecule has 8 nitrogen and oxygen atoms in total. The molecule has 1 amide bonds. The Balaban J connectivity index is 1.34. The van der Waals surface area contributed by atoms with E-state index in [1.165, 1.54) is 0 Å². The highest BCUT2D eigenvalue weighted by molar-refractivity contribution is 6.10. The Bertz CT molecular complexity index is 1170. The summed E-state index contributed by atoms with van der Waals surface area (Å²) in [5.74, 6) is 2.14. The van der Waals surface area contributed by atoms with Gasteiger partial charge >= 0.3 is 0 Å². The quantitative estimate of drug-likeness (QED) is 0.695. The molecule has 6 rings (SSSR count). The van der Waals surface area contributed by atoms with Crippen molar-refractivity contribution in [3.8, 4) is 16.9 Å². The summed E-state index contributed by atoms with van der Waals surface area (Å²) in [4.78, 5) is 19.5. The zero-order chi connectivity index (χ0) is 24.9. The minimum Gasteiger partial charge on any atom is -0.483 e. The maximum atomic E-state index is 12.5. The van der Waals surface area contributed by atoms with Crippen molar-refractivity contribution in [1.82, 2.24) is 10.3 Å². The van der Waals surface area contributed by atoms with Crippen LogP contribution in [0.3, 0.4) is 0 Å². The number of amides is 1. The standard InChI is InChI=1S/C28H35N5O3/c1-19-27(34)30-29-26-16-36-25-13-22(21-7-5-4-6-8-21)23(14-24(25)33(19)26)31(3)28(2)17-32(18-28)15-20-9-11-35-12-10-20/h4-8,13-14,19-20H,9-12,15-18H2,1-3H3,(H,30,34). The van der Waals surface area contributed by atoms with E-state index < -0.39 is 0 Å². The number of nitrogens with one attached hydrogen (secondary N) is 1. The van der Waals surface area contributed by atoms with Gasteiger partial charge in [-0.2, -0.15) is 5.10 Å². The smallest absolute Gasteiger partial charge is 0.262 e. The van der Waals surface area contributed by atoms with Crippen LogP contribution in [0.25, 0.3) is 11.1 Å². The fourth-order valence-corrected chi connectivity index (χ4v) is 6.03. The van der Waals surface area contributed by atoms with Gasteiger partial charge in [0.15, 0.2) is 5.84 Å². The summed E-state index contributed by atoms with van der Waals surface area (Å²) in [6.07, 6.45) is 2.33. The summed E-state index contributed by atoms with van der Waals surface area (Å²) in [5.41, 5.74) is 6.95. The van der Waals surface area contributed by atoms with Crippen LogP contribution in [0.4, 0.5) is 11.4 Å². The van der Waals surface area contributed by atoms with E-state index in [0.717, 1.165) is 85.7 Å². The van der Waals surface area contributed by atoms with Crippen LogP contribution in [0.15, 0.2) is 47.6 Å². The van der Waals surface area contributed by atoms with Gasteiger partial charge in [-0.15, -0.1) is 0 Å². The van der Waals surface area contributed by atoms with Crippen molar-refractivity contribution in [3.63, 3.8) is 0 Å². The number of anilines is 2. The molecule has 0 spiro atoms. The molecular formula is C28H35N5O3. The monoisotopic (exact) mass is 489 g/mol. The first kappa shape index (κ1) is 23.3. The Morgan fingerprint density at radius 3 is 2.67 bits per heavy atom. The maximum Gasteiger partial charge on any atom is 0.262 e. The van der Waals surface area contributed by atoms with E-state index in [1.807, 2.05) is 17.9 Å². The van der Waals surface area contributed by atoms with Crippen LogP contribution in [-0.4, -0.2) is 74.7 Å². The molecule has 0 saturated carbocycles. The topological polar surface area (TPSA) is 69.6 Å². The number of carbonyl (C=O) groups excluding carboxylic acids is 1. The lowest BCUT2D eigenvalue weighted by Crippen LogP contribution is -2.68. The lowest BCUT2D eigenvalue weighted by molar-refractivity contribution is -0.122. The van der Waals surface area contributed by atoms with Crippen molar-refractivity contribution in [3.05, 3.63) is 42.5 Å². The molecule has 190 valence electrons. The average Bonchev–Trinajstić information content (AvgIpc) is 2.89. The Hall–Kier alpha value is -3.10. The summed E-state index contributed by atoms with van der Waals surface area (Å²) in [6.45, 7) is 9.58. The second-order valence-electron chi connectivity index (χ2n) is 10.8. The van der Waals surface area contributed by atoms with Gasteiger partial charge in [-0.05, 0) is 50.3 Å². The number of amidine groups is 1. The number of ether oxygens (including phenoxy) is 2. The van der Waals surface area contributed by atoms with E-state index in [1.54, 1.807) is 0 Å². The highest BCUT2D eigenvalue weighted by Gasteiger charge is 2.44. The van der Waals surface area contributed by atoms with E-state index in [9.17, 15) is 4.79 Å². The van der Waals surface area contributed by atoms with Gasteiger partial charge in [0, 0.05) is 51.1 Å². The van der Waals surface area contributed by atoms with Crippen LogP contribution in [0, 0.1) is 5.92 Å². The molecule has 2 aromatic carbocycles. The highest BCUT2D eigenvalue weighted by Crippen LogP contribution is 2.46. The van der Waals surface area contributed by atoms with Gasteiger partial charge in [0.1, 0.15) is 18.4 Å². The minimum atomic E-state index is -0.352. The normalized spacial score (nSPS) is 23.5. The lowest BCUT2D eigenvalue weighted by Gasteiger charge is -2.55. The molecule has 2 aromatic rings. The Labute approximate surface area is 212 Å². The molecular weight excluding hydrogens is 454 g/mol. The number of rotatable bonds is 5. The van der Waals surface area contributed by atoms with Gasteiger partial charge in [0.2, 0.25) is 0 Å². The molecule has 4 aliphatic heterocycles. The minimum absolute atomic E-state index is 0.0142. The first-order valence-corrected chi connectivity index (χ1v) is 13.0. The molecule has 8 heteroatoms. The number of likely N-dealkylation sites (tertiary alicyclic amines) is 1. The van der Waals surface area contributed by atoms with Gasteiger partial charge in [0.25, 0.3) is 5.91 Å². The molecule has 1 atom stereocenters.